The number of carboxylic acid groups (broad SMARTS) is 1. The second kappa shape index (κ2) is 7.29. The summed E-state index contributed by atoms with van der Waals surface area (Å²) in [7, 11) is 2.09. The highest BCUT2D eigenvalue weighted by molar-refractivity contribution is 5.66. The standard InChI is InChI=1S/C16H25NO2/c1-12-8-9-15(14(3)13(12)2)11-17(4)10-6-5-7-16(18)19/h8-9H,5-7,10-11H2,1-4H3,(H,18,19). The van der Waals surface area contributed by atoms with Gasteiger partial charge < -0.3 is 10.0 Å². The Bertz CT molecular complexity index is 441. The van der Waals surface area contributed by atoms with E-state index in [1.165, 1.54) is 22.3 Å². The zero-order valence-electron chi connectivity index (χ0n) is 12.5. The third-order valence-electron chi connectivity index (χ3n) is 3.79. The second-order valence-electron chi connectivity index (χ2n) is 5.38. The molecule has 0 amide bonds. The fourth-order valence-corrected chi connectivity index (χ4v) is 2.21. The fourth-order valence-electron chi connectivity index (χ4n) is 2.21. The zero-order valence-corrected chi connectivity index (χ0v) is 12.5. The molecule has 0 radical (unpaired) electrons. The molecule has 1 N–H and O–H groups in total. The number of carbonyl (C=O) groups is 1. The van der Waals surface area contributed by atoms with Crippen molar-refractivity contribution in [2.75, 3.05) is 13.6 Å². The molecule has 1 aromatic carbocycles. The van der Waals surface area contributed by atoms with Gasteiger partial charge in [0.2, 0.25) is 0 Å². The van der Waals surface area contributed by atoms with Gasteiger partial charge in [0.25, 0.3) is 0 Å². The number of unbranched alkanes of at least 4 members (excludes halogenated alkanes) is 1. The molecule has 0 heterocycles. The minimum absolute atomic E-state index is 0.274. The topological polar surface area (TPSA) is 40.5 Å². The van der Waals surface area contributed by atoms with E-state index in [-0.39, 0.29) is 6.42 Å². The summed E-state index contributed by atoms with van der Waals surface area (Å²) < 4.78 is 0. The molecule has 0 aliphatic rings. The number of aryl methyl sites for hydroxylation is 1. The average Bonchev–Trinajstić information content (AvgIpc) is 2.35. The van der Waals surface area contributed by atoms with Gasteiger partial charge in [0.1, 0.15) is 0 Å². The first-order chi connectivity index (χ1) is 8.91. The van der Waals surface area contributed by atoms with Crippen molar-refractivity contribution < 1.29 is 9.90 Å². The van der Waals surface area contributed by atoms with Gasteiger partial charge in [-0.15, -0.1) is 0 Å². The molecule has 1 rings (SSSR count). The minimum atomic E-state index is -0.701. The molecule has 1 aromatic rings. The Hall–Kier alpha value is -1.35. The number of benzene rings is 1. The van der Waals surface area contributed by atoms with Crippen LogP contribution < -0.4 is 0 Å². The van der Waals surface area contributed by atoms with E-state index in [0.717, 1.165) is 25.9 Å². The Kier molecular flexibility index (Phi) is 6.03. The molecule has 3 nitrogen and oxygen atoms in total. The highest BCUT2D eigenvalue weighted by Crippen LogP contribution is 2.18. The van der Waals surface area contributed by atoms with Crippen LogP contribution in [-0.2, 0) is 11.3 Å². The van der Waals surface area contributed by atoms with Gasteiger partial charge >= 0.3 is 5.97 Å². The number of hydrogen-bond donors (Lipinski definition) is 1. The summed E-state index contributed by atoms with van der Waals surface area (Å²) in [6.45, 7) is 8.36. The van der Waals surface area contributed by atoms with Crippen molar-refractivity contribution in [3.8, 4) is 0 Å². The Morgan fingerprint density at radius 1 is 1.16 bits per heavy atom. The van der Waals surface area contributed by atoms with Crippen LogP contribution >= 0.6 is 0 Å². The van der Waals surface area contributed by atoms with E-state index in [4.69, 9.17) is 5.11 Å². The number of hydrogen-bond acceptors (Lipinski definition) is 2. The van der Waals surface area contributed by atoms with Gasteiger partial charge in [-0.3, -0.25) is 4.79 Å². The fraction of sp³-hybridized carbons (Fsp3) is 0.562. The predicted molar refractivity (Wildman–Crippen MR) is 78.5 cm³/mol. The maximum atomic E-state index is 10.4. The van der Waals surface area contributed by atoms with E-state index in [1.54, 1.807) is 0 Å². The first-order valence-corrected chi connectivity index (χ1v) is 6.88. The largest absolute Gasteiger partial charge is 0.481 e. The Morgan fingerprint density at radius 3 is 2.47 bits per heavy atom. The maximum absolute atomic E-state index is 10.4. The van der Waals surface area contributed by atoms with E-state index in [9.17, 15) is 4.79 Å². The normalized spacial score (nSPS) is 11.0. The lowest BCUT2D eigenvalue weighted by atomic mass is 9.98. The highest BCUT2D eigenvalue weighted by atomic mass is 16.4. The van der Waals surface area contributed by atoms with Gasteiger partial charge in [0, 0.05) is 13.0 Å². The monoisotopic (exact) mass is 263 g/mol. The van der Waals surface area contributed by atoms with Gasteiger partial charge in [0.15, 0.2) is 0 Å². The van der Waals surface area contributed by atoms with E-state index < -0.39 is 5.97 Å². The first kappa shape index (κ1) is 15.7. The summed E-state index contributed by atoms with van der Waals surface area (Å²) >= 11 is 0. The second-order valence-corrected chi connectivity index (χ2v) is 5.38. The summed E-state index contributed by atoms with van der Waals surface area (Å²) in [5, 5.41) is 8.59. The molecule has 3 heteroatoms. The van der Waals surface area contributed by atoms with E-state index in [0.29, 0.717) is 0 Å². The van der Waals surface area contributed by atoms with Crippen LogP contribution in [0.5, 0.6) is 0 Å². The van der Waals surface area contributed by atoms with Gasteiger partial charge in [-0.2, -0.15) is 0 Å². The lowest BCUT2D eigenvalue weighted by Crippen LogP contribution is -2.20. The molecule has 0 aliphatic carbocycles. The molecule has 0 unspecified atom stereocenters. The van der Waals surface area contributed by atoms with E-state index in [1.807, 2.05) is 0 Å². The zero-order chi connectivity index (χ0) is 14.4. The molecule has 0 atom stereocenters. The van der Waals surface area contributed by atoms with Crippen molar-refractivity contribution in [1.29, 1.82) is 0 Å². The molecule has 0 fully saturated rings. The van der Waals surface area contributed by atoms with E-state index in [2.05, 4.69) is 44.9 Å². The van der Waals surface area contributed by atoms with Crippen LogP contribution in [0.3, 0.4) is 0 Å². The van der Waals surface area contributed by atoms with Gasteiger partial charge in [-0.05, 0) is 69.5 Å². The van der Waals surface area contributed by atoms with Crippen molar-refractivity contribution >= 4 is 5.97 Å². The Labute approximate surface area is 116 Å². The Balaban J connectivity index is 2.46. The Morgan fingerprint density at radius 2 is 1.84 bits per heavy atom. The summed E-state index contributed by atoms with van der Waals surface area (Å²) in [5.74, 6) is -0.701. The van der Waals surface area contributed by atoms with Crippen LogP contribution in [-0.4, -0.2) is 29.6 Å². The van der Waals surface area contributed by atoms with Gasteiger partial charge in [-0.1, -0.05) is 12.1 Å². The lowest BCUT2D eigenvalue weighted by Gasteiger charge is -2.19. The summed E-state index contributed by atoms with van der Waals surface area (Å²) in [4.78, 5) is 12.7. The van der Waals surface area contributed by atoms with Crippen molar-refractivity contribution in [2.45, 2.75) is 46.6 Å². The molecular formula is C16H25NO2. The third kappa shape index (κ3) is 5.03. The van der Waals surface area contributed by atoms with Crippen LogP contribution in [0.2, 0.25) is 0 Å². The highest BCUT2D eigenvalue weighted by Gasteiger charge is 2.07. The molecule has 19 heavy (non-hydrogen) atoms. The van der Waals surface area contributed by atoms with Crippen molar-refractivity contribution in [3.63, 3.8) is 0 Å². The summed E-state index contributed by atoms with van der Waals surface area (Å²) in [6.07, 6.45) is 1.97. The van der Waals surface area contributed by atoms with Gasteiger partial charge in [0.05, 0.1) is 0 Å². The van der Waals surface area contributed by atoms with Gasteiger partial charge in [-0.25, -0.2) is 0 Å². The van der Waals surface area contributed by atoms with Crippen LogP contribution in [0.25, 0.3) is 0 Å². The van der Waals surface area contributed by atoms with E-state index >= 15 is 0 Å². The summed E-state index contributed by atoms with van der Waals surface area (Å²) in [6, 6.07) is 4.38. The van der Waals surface area contributed by atoms with Crippen LogP contribution in [0, 0.1) is 20.8 Å². The SMILES string of the molecule is Cc1ccc(CN(C)CCCCC(=O)O)c(C)c1C. The molecule has 106 valence electrons. The van der Waals surface area contributed by atoms with Crippen molar-refractivity contribution in [3.05, 3.63) is 34.4 Å². The molecular weight excluding hydrogens is 238 g/mol. The van der Waals surface area contributed by atoms with Crippen LogP contribution in [0.4, 0.5) is 0 Å². The third-order valence-corrected chi connectivity index (χ3v) is 3.79. The maximum Gasteiger partial charge on any atom is 0.303 e. The smallest absolute Gasteiger partial charge is 0.303 e. The summed E-state index contributed by atoms with van der Waals surface area (Å²) in [5.41, 5.74) is 5.45. The van der Waals surface area contributed by atoms with Crippen molar-refractivity contribution in [2.24, 2.45) is 0 Å². The van der Waals surface area contributed by atoms with Crippen molar-refractivity contribution in [1.82, 2.24) is 4.90 Å². The minimum Gasteiger partial charge on any atom is -0.481 e. The van der Waals surface area contributed by atoms with Crippen LogP contribution in [0.15, 0.2) is 12.1 Å². The number of aliphatic carboxylic acids is 1. The molecule has 0 bridgehead atoms. The molecule has 0 aliphatic heterocycles. The number of carboxylic acids is 1. The molecule has 0 spiro atoms. The lowest BCUT2D eigenvalue weighted by molar-refractivity contribution is -0.137. The number of nitrogens with zero attached hydrogens (tertiary/aromatic N) is 1. The van der Waals surface area contributed by atoms with Crippen LogP contribution in [0.1, 0.15) is 41.5 Å². The average molecular weight is 263 g/mol. The quantitative estimate of drug-likeness (QED) is 0.767. The number of rotatable bonds is 7. The molecule has 0 saturated carbocycles. The first-order valence-electron chi connectivity index (χ1n) is 6.88. The molecule has 0 aromatic heterocycles. The molecule has 0 saturated heterocycles. The predicted octanol–water partition coefficient (Wildman–Crippen LogP) is 3.30.